The van der Waals surface area contributed by atoms with Gasteiger partial charge in [-0.05, 0) is 5.92 Å². The van der Waals surface area contributed by atoms with E-state index in [-0.39, 0.29) is 0 Å². The van der Waals surface area contributed by atoms with Gasteiger partial charge >= 0.3 is 5.97 Å². The molecule has 1 saturated heterocycles. The Morgan fingerprint density at radius 1 is 1.63 bits per heavy atom. The number of piperazine rings is 1. The zero-order valence-electron chi connectivity index (χ0n) is 11.3. The molecule has 0 aromatic carbocycles. The highest BCUT2D eigenvalue weighted by atomic mass is 16.5. The third-order valence-corrected chi connectivity index (χ3v) is 3.08. The summed E-state index contributed by atoms with van der Waals surface area (Å²) in [7, 11) is 0. The van der Waals surface area contributed by atoms with Crippen molar-refractivity contribution in [1.82, 2.24) is 20.4 Å². The first-order valence-corrected chi connectivity index (χ1v) is 6.55. The molecule has 1 aliphatic rings. The smallest absolute Gasteiger partial charge is 0.322 e. The molecule has 1 aromatic heterocycles. The lowest BCUT2D eigenvalue weighted by molar-refractivity contribution is -0.144. The van der Waals surface area contributed by atoms with Gasteiger partial charge in [0.15, 0.2) is 5.82 Å². The summed E-state index contributed by atoms with van der Waals surface area (Å²) in [5.41, 5.74) is 0. The Morgan fingerprint density at radius 2 is 2.42 bits per heavy atom. The van der Waals surface area contributed by atoms with Crippen LogP contribution in [0.15, 0.2) is 4.52 Å². The average Bonchev–Trinajstić information content (AvgIpc) is 2.76. The van der Waals surface area contributed by atoms with E-state index in [1.165, 1.54) is 0 Å². The summed E-state index contributed by atoms with van der Waals surface area (Å²) in [5, 5.41) is 16.2. The largest absolute Gasteiger partial charge is 0.480 e. The van der Waals surface area contributed by atoms with Crippen molar-refractivity contribution in [3.8, 4) is 0 Å². The number of carboxylic acid groups (broad SMARTS) is 1. The second-order valence-electron chi connectivity index (χ2n) is 5.23. The fraction of sp³-hybridized carbons (Fsp3) is 0.750. The topological polar surface area (TPSA) is 91.5 Å². The van der Waals surface area contributed by atoms with Crippen molar-refractivity contribution in [2.24, 2.45) is 5.92 Å². The third-order valence-electron chi connectivity index (χ3n) is 3.08. The van der Waals surface area contributed by atoms with Crippen molar-refractivity contribution in [3.63, 3.8) is 0 Å². The van der Waals surface area contributed by atoms with Gasteiger partial charge in [0.2, 0.25) is 5.89 Å². The molecule has 2 rings (SSSR count). The molecule has 7 heteroatoms. The molecule has 1 atom stereocenters. The Morgan fingerprint density at radius 3 is 3.11 bits per heavy atom. The number of aromatic nitrogens is 2. The van der Waals surface area contributed by atoms with E-state index >= 15 is 0 Å². The molecule has 1 fully saturated rings. The number of nitrogens with zero attached hydrogens (tertiary/aromatic N) is 3. The van der Waals surface area contributed by atoms with Crippen LogP contribution in [-0.2, 0) is 17.8 Å². The van der Waals surface area contributed by atoms with Gasteiger partial charge < -0.3 is 14.9 Å². The molecule has 19 heavy (non-hydrogen) atoms. The van der Waals surface area contributed by atoms with Gasteiger partial charge in [0.05, 0.1) is 6.54 Å². The summed E-state index contributed by atoms with van der Waals surface area (Å²) >= 11 is 0. The van der Waals surface area contributed by atoms with E-state index in [4.69, 9.17) is 9.63 Å². The number of hydrogen-bond acceptors (Lipinski definition) is 6. The molecule has 0 amide bonds. The Labute approximate surface area is 112 Å². The molecule has 0 radical (unpaired) electrons. The van der Waals surface area contributed by atoms with Crippen LogP contribution in [0.3, 0.4) is 0 Å². The van der Waals surface area contributed by atoms with E-state index in [1.54, 1.807) is 0 Å². The molecule has 0 aliphatic carbocycles. The van der Waals surface area contributed by atoms with Gasteiger partial charge in [0, 0.05) is 26.1 Å². The van der Waals surface area contributed by atoms with Crippen LogP contribution in [0.5, 0.6) is 0 Å². The van der Waals surface area contributed by atoms with Crippen molar-refractivity contribution >= 4 is 5.97 Å². The lowest BCUT2D eigenvalue weighted by Gasteiger charge is -2.32. The third kappa shape index (κ3) is 3.74. The minimum Gasteiger partial charge on any atom is -0.480 e. The lowest BCUT2D eigenvalue weighted by Crippen LogP contribution is -2.54. The van der Waals surface area contributed by atoms with E-state index in [0.29, 0.717) is 37.3 Å². The summed E-state index contributed by atoms with van der Waals surface area (Å²) in [5.74, 6) is 0.813. The Bertz CT molecular complexity index is 432. The summed E-state index contributed by atoms with van der Waals surface area (Å²) < 4.78 is 5.16. The molecule has 106 valence electrons. The molecule has 0 spiro atoms. The van der Waals surface area contributed by atoms with Crippen LogP contribution in [0.2, 0.25) is 0 Å². The Balaban J connectivity index is 1.98. The van der Waals surface area contributed by atoms with E-state index in [2.05, 4.69) is 29.3 Å². The first-order valence-electron chi connectivity index (χ1n) is 6.55. The number of rotatable bonds is 5. The van der Waals surface area contributed by atoms with Crippen molar-refractivity contribution in [3.05, 3.63) is 11.7 Å². The molecule has 7 nitrogen and oxygen atoms in total. The highest BCUT2D eigenvalue weighted by Crippen LogP contribution is 2.10. The number of nitrogens with one attached hydrogen (secondary N) is 1. The summed E-state index contributed by atoms with van der Waals surface area (Å²) in [6, 6.07) is -0.527. The standard InChI is InChI=1S/C12H20N4O3/c1-8(2)5-11-14-10(15-19-11)7-16-4-3-13-6-9(16)12(17)18/h8-9,13H,3-7H2,1-2H3,(H,17,18). The second-order valence-corrected chi connectivity index (χ2v) is 5.23. The molecule has 0 bridgehead atoms. The molecule has 2 N–H and O–H groups in total. The molecule has 1 unspecified atom stereocenters. The van der Waals surface area contributed by atoms with Crippen LogP contribution in [0.4, 0.5) is 0 Å². The van der Waals surface area contributed by atoms with Gasteiger partial charge in [0.25, 0.3) is 0 Å². The average molecular weight is 268 g/mol. The van der Waals surface area contributed by atoms with Crippen molar-refractivity contribution < 1.29 is 14.4 Å². The van der Waals surface area contributed by atoms with Gasteiger partial charge in [-0.1, -0.05) is 19.0 Å². The summed E-state index contributed by atoms with van der Waals surface area (Å²) in [4.78, 5) is 17.3. The van der Waals surface area contributed by atoms with Crippen LogP contribution < -0.4 is 5.32 Å². The van der Waals surface area contributed by atoms with E-state index in [9.17, 15) is 4.79 Å². The second kappa shape index (κ2) is 6.12. The normalized spacial score (nSPS) is 20.9. The quantitative estimate of drug-likeness (QED) is 0.784. The first kappa shape index (κ1) is 14.0. The zero-order chi connectivity index (χ0) is 13.8. The Kier molecular flexibility index (Phi) is 4.49. The molecular formula is C12H20N4O3. The van der Waals surface area contributed by atoms with E-state index in [1.807, 2.05) is 4.90 Å². The van der Waals surface area contributed by atoms with Crippen LogP contribution in [0.25, 0.3) is 0 Å². The van der Waals surface area contributed by atoms with Crippen molar-refractivity contribution in [1.29, 1.82) is 0 Å². The van der Waals surface area contributed by atoms with Gasteiger partial charge in [-0.25, -0.2) is 0 Å². The van der Waals surface area contributed by atoms with Crippen LogP contribution in [-0.4, -0.2) is 51.8 Å². The van der Waals surface area contributed by atoms with Crippen molar-refractivity contribution in [2.75, 3.05) is 19.6 Å². The minimum atomic E-state index is -0.821. The number of carboxylic acids is 1. The Hall–Kier alpha value is -1.47. The zero-order valence-corrected chi connectivity index (χ0v) is 11.3. The fourth-order valence-corrected chi connectivity index (χ4v) is 2.15. The number of carbonyl (C=O) groups is 1. The molecular weight excluding hydrogens is 248 g/mol. The molecule has 2 heterocycles. The van der Waals surface area contributed by atoms with Gasteiger partial charge in [-0.2, -0.15) is 4.98 Å². The van der Waals surface area contributed by atoms with E-state index in [0.717, 1.165) is 13.0 Å². The van der Waals surface area contributed by atoms with Crippen LogP contribution in [0.1, 0.15) is 25.6 Å². The van der Waals surface area contributed by atoms with Crippen molar-refractivity contribution in [2.45, 2.75) is 32.9 Å². The van der Waals surface area contributed by atoms with Gasteiger partial charge in [-0.3, -0.25) is 9.69 Å². The highest BCUT2D eigenvalue weighted by Gasteiger charge is 2.29. The van der Waals surface area contributed by atoms with Crippen LogP contribution in [0, 0.1) is 5.92 Å². The molecule has 1 aromatic rings. The maximum absolute atomic E-state index is 11.2. The summed E-state index contributed by atoms with van der Waals surface area (Å²) in [6.45, 7) is 6.49. The molecule has 1 aliphatic heterocycles. The fourth-order valence-electron chi connectivity index (χ4n) is 2.15. The van der Waals surface area contributed by atoms with Gasteiger partial charge in [-0.15, -0.1) is 0 Å². The maximum atomic E-state index is 11.2. The van der Waals surface area contributed by atoms with E-state index < -0.39 is 12.0 Å². The molecule has 0 saturated carbocycles. The number of hydrogen-bond donors (Lipinski definition) is 2. The predicted octanol–water partition coefficient (Wildman–Crippen LogP) is 0.127. The van der Waals surface area contributed by atoms with Crippen LogP contribution >= 0.6 is 0 Å². The monoisotopic (exact) mass is 268 g/mol. The number of aliphatic carboxylic acids is 1. The SMILES string of the molecule is CC(C)Cc1nc(CN2CCNCC2C(=O)O)no1. The lowest BCUT2D eigenvalue weighted by atomic mass is 10.1. The summed E-state index contributed by atoms with van der Waals surface area (Å²) in [6.07, 6.45) is 0.747. The predicted molar refractivity (Wildman–Crippen MR) is 67.5 cm³/mol. The maximum Gasteiger partial charge on any atom is 0.322 e. The minimum absolute atomic E-state index is 0.417. The first-order chi connectivity index (χ1) is 9.06. The highest BCUT2D eigenvalue weighted by molar-refractivity contribution is 5.73. The van der Waals surface area contributed by atoms with Gasteiger partial charge in [0.1, 0.15) is 6.04 Å².